The van der Waals surface area contributed by atoms with E-state index in [2.05, 4.69) is 0 Å². The Morgan fingerprint density at radius 1 is 0.700 bits per heavy atom. The highest BCUT2D eigenvalue weighted by atomic mass is 16.7. The summed E-state index contributed by atoms with van der Waals surface area (Å²) in [5.41, 5.74) is 0. The van der Waals surface area contributed by atoms with E-state index in [0.717, 1.165) is 0 Å². The molecule has 30 heavy (non-hydrogen) atoms. The van der Waals surface area contributed by atoms with Gasteiger partial charge in [0.25, 0.3) is 0 Å². The summed E-state index contributed by atoms with van der Waals surface area (Å²) < 4.78 is 55.9. The average Bonchev–Trinajstić information content (AvgIpc) is 3.02. The van der Waals surface area contributed by atoms with E-state index in [1.807, 2.05) is 0 Å². The van der Waals surface area contributed by atoms with Gasteiger partial charge in [-0.3, -0.25) is 0 Å². The minimum absolute atomic E-state index is 0.0443. The van der Waals surface area contributed by atoms with Crippen LogP contribution in [0.15, 0.2) is 0 Å². The molecule has 0 aromatic heterocycles. The van der Waals surface area contributed by atoms with E-state index < -0.39 is 54.8 Å². The Labute approximate surface area is 177 Å². The molecule has 0 aliphatic carbocycles. The predicted molar refractivity (Wildman–Crippen MR) is 102 cm³/mol. The van der Waals surface area contributed by atoms with Gasteiger partial charge in [-0.2, -0.15) is 0 Å². The third kappa shape index (κ3) is 5.30. The molecule has 0 bridgehead atoms. The van der Waals surface area contributed by atoms with Crippen molar-refractivity contribution >= 4 is 0 Å². The second-order valence-electron chi connectivity index (χ2n) is 7.22. The van der Waals surface area contributed by atoms with E-state index in [1.165, 1.54) is 21.3 Å². The Hall–Kier alpha value is -0.440. The molecular weight excluding hydrogens is 404 g/mol. The number of methoxy groups -OCH3 is 7. The second-order valence-corrected chi connectivity index (χ2v) is 7.22. The lowest BCUT2D eigenvalue weighted by molar-refractivity contribution is -0.321. The lowest BCUT2D eigenvalue weighted by Crippen LogP contribution is -2.61. The smallest absolute Gasteiger partial charge is 0.219 e. The minimum Gasteiger partial charge on any atom is -0.382 e. The van der Waals surface area contributed by atoms with Gasteiger partial charge in [-0.05, 0) is 0 Å². The van der Waals surface area contributed by atoms with Gasteiger partial charge in [0, 0.05) is 49.8 Å². The fraction of sp³-hybridized carbons (Fsp3) is 1.00. The fourth-order valence-electron chi connectivity index (χ4n) is 4.20. The normalized spacial score (nSPS) is 42.0. The predicted octanol–water partition coefficient (Wildman–Crippen LogP) is -0.817. The van der Waals surface area contributed by atoms with Crippen LogP contribution >= 0.6 is 0 Å². The number of hydrogen-bond acceptors (Lipinski definition) is 11. The summed E-state index contributed by atoms with van der Waals surface area (Å²) in [6, 6.07) is 0. The molecule has 2 aliphatic heterocycles. The summed E-state index contributed by atoms with van der Waals surface area (Å²) in [6.45, 7) is 0.247. The summed E-state index contributed by atoms with van der Waals surface area (Å²) in [5, 5.41) is 10.8. The van der Waals surface area contributed by atoms with Crippen LogP contribution in [0.2, 0.25) is 0 Å². The molecule has 2 heterocycles. The van der Waals surface area contributed by atoms with E-state index >= 15 is 0 Å². The molecule has 2 saturated heterocycles. The molecule has 1 N–H and O–H groups in total. The van der Waals surface area contributed by atoms with Crippen LogP contribution in [0.4, 0.5) is 0 Å². The summed E-state index contributed by atoms with van der Waals surface area (Å²) in [6.07, 6.45) is -4.61. The molecule has 0 saturated carbocycles. The maximum absolute atomic E-state index is 10.8. The van der Waals surface area contributed by atoms with Crippen molar-refractivity contribution in [1.82, 2.24) is 0 Å². The number of rotatable bonds is 12. The van der Waals surface area contributed by atoms with E-state index in [4.69, 9.17) is 47.4 Å². The molecule has 2 fully saturated rings. The number of hydrogen-bond donors (Lipinski definition) is 1. The van der Waals surface area contributed by atoms with E-state index in [0.29, 0.717) is 0 Å². The Morgan fingerprint density at radius 3 is 1.83 bits per heavy atom. The first-order valence-electron chi connectivity index (χ1n) is 9.73. The number of aliphatic hydroxyl groups is 1. The van der Waals surface area contributed by atoms with Gasteiger partial charge in [0.15, 0.2) is 6.29 Å². The second kappa shape index (κ2) is 12.0. The summed E-state index contributed by atoms with van der Waals surface area (Å²) in [4.78, 5) is 0. The van der Waals surface area contributed by atoms with Crippen molar-refractivity contribution in [3.8, 4) is 0 Å². The van der Waals surface area contributed by atoms with Gasteiger partial charge < -0.3 is 52.5 Å². The first kappa shape index (κ1) is 25.8. The van der Waals surface area contributed by atoms with Crippen LogP contribution in [0.3, 0.4) is 0 Å². The minimum atomic E-state index is -1.67. The van der Waals surface area contributed by atoms with Crippen LogP contribution in [0.1, 0.15) is 0 Å². The van der Waals surface area contributed by atoms with Crippen molar-refractivity contribution in [2.24, 2.45) is 0 Å². The highest BCUT2D eigenvalue weighted by Crippen LogP contribution is 2.35. The average molecular weight is 440 g/mol. The van der Waals surface area contributed by atoms with Crippen LogP contribution in [0.5, 0.6) is 0 Å². The zero-order chi connectivity index (χ0) is 22.3. The zero-order valence-corrected chi connectivity index (χ0v) is 18.8. The summed E-state index contributed by atoms with van der Waals surface area (Å²) >= 11 is 0. The van der Waals surface area contributed by atoms with Gasteiger partial charge in [-0.25, -0.2) is 0 Å². The maximum atomic E-state index is 10.8. The Bertz CT molecular complexity index is 495. The molecule has 178 valence electrons. The molecule has 2 rings (SSSR count). The molecule has 9 atom stereocenters. The van der Waals surface area contributed by atoms with Gasteiger partial charge in [-0.1, -0.05) is 0 Å². The van der Waals surface area contributed by atoms with Crippen molar-refractivity contribution in [3.05, 3.63) is 0 Å². The molecule has 4 unspecified atom stereocenters. The van der Waals surface area contributed by atoms with E-state index in [9.17, 15) is 5.11 Å². The van der Waals surface area contributed by atoms with Crippen LogP contribution in [0, 0.1) is 0 Å². The largest absolute Gasteiger partial charge is 0.382 e. The van der Waals surface area contributed by atoms with Crippen LogP contribution in [0.25, 0.3) is 0 Å². The molecule has 0 aromatic rings. The molecule has 0 radical (unpaired) electrons. The van der Waals surface area contributed by atoms with Crippen molar-refractivity contribution < 1.29 is 52.5 Å². The topological polar surface area (TPSA) is 113 Å². The molecular formula is C19H36O11. The summed E-state index contributed by atoms with van der Waals surface area (Å²) in [5.74, 6) is -1.67. The van der Waals surface area contributed by atoms with Crippen molar-refractivity contribution in [2.45, 2.75) is 54.8 Å². The van der Waals surface area contributed by atoms with E-state index in [-0.39, 0.29) is 19.8 Å². The molecule has 0 spiro atoms. The number of ether oxygens (including phenoxy) is 10. The molecule has 2 aliphatic rings. The lowest BCUT2D eigenvalue weighted by atomic mass is 9.98. The molecule has 11 nitrogen and oxygen atoms in total. The lowest BCUT2D eigenvalue weighted by Gasteiger charge is -2.44. The SMILES string of the molecule is COC[C@H]1O[C@H](OCC2OC(O)(COC)C(OC)C2OC)[C@H](OC)[C@@H](OC)[C@@H]1OC. The highest BCUT2D eigenvalue weighted by molar-refractivity contribution is 4.98. The Balaban J connectivity index is 2.13. The first-order chi connectivity index (χ1) is 14.4. The van der Waals surface area contributed by atoms with Crippen molar-refractivity contribution in [2.75, 3.05) is 69.6 Å². The molecule has 0 aromatic carbocycles. The quantitative estimate of drug-likeness (QED) is 0.411. The third-order valence-electron chi connectivity index (χ3n) is 5.51. The highest BCUT2D eigenvalue weighted by Gasteiger charge is 2.56. The maximum Gasteiger partial charge on any atom is 0.219 e. The summed E-state index contributed by atoms with van der Waals surface area (Å²) in [7, 11) is 10.7. The zero-order valence-electron chi connectivity index (χ0n) is 18.8. The first-order valence-corrected chi connectivity index (χ1v) is 9.73. The Morgan fingerprint density at radius 2 is 1.33 bits per heavy atom. The van der Waals surface area contributed by atoms with Crippen LogP contribution in [-0.2, 0) is 47.4 Å². The van der Waals surface area contributed by atoms with Crippen molar-refractivity contribution in [1.29, 1.82) is 0 Å². The third-order valence-corrected chi connectivity index (χ3v) is 5.51. The van der Waals surface area contributed by atoms with Gasteiger partial charge >= 0.3 is 0 Å². The van der Waals surface area contributed by atoms with Gasteiger partial charge in [0.05, 0.1) is 13.2 Å². The van der Waals surface area contributed by atoms with Crippen LogP contribution in [-0.4, -0.2) is 130 Å². The van der Waals surface area contributed by atoms with Crippen molar-refractivity contribution in [3.63, 3.8) is 0 Å². The van der Waals surface area contributed by atoms with Gasteiger partial charge in [0.2, 0.25) is 5.79 Å². The molecule has 0 amide bonds. The van der Waals surface area contributed by atoms with Gasteiger partial charge in [0.1, 0.15) is 49.3 Å². The van der Waals surface area contributed by atoms with Crippen LogP contribution < -0.4 is 0 Å². The monoisotopic (exact) mass is 440 g/mol. The van der Waals surface area contributed by atoms with E-state index in [1.54, 1.807) is 28.4 Å². The standard InChI is InChI=1S/C19H36O11/c1-21-8-11-13(23-3)15(25-5)16(26-6)18(29-11)28-9-12-14(24-4)17(27-7)19(20,30-12)10-22-2/h11-18,20H,8-10H2,1-7H3/t11-,12?,13-,14?,15+,16-,17?,18+,19?/m1/s1. The Kier molecular flexibility index (Phi) is 10.3. The fourth-order valence-corrected chi connectivity index (χ4v) is 4.20. The van der Waals surface area contributed by atoms with Gasteiger partial charge in [-0.15, -0.1) is 0 Å². The molecule has 11 heteroatoms.